The van der Waals surface area contributed by atoms with Crippen molar-refractivity contribution in [1.82, 2.24) is 4.98 Å². The maximum Gasteiger partial charge on any atom is 0.188 e. The highest BCUT2D eigenvalue weighted by molar-refractivity contribution is 7.14. The van der Waals surface area contributed by atoms with Crippen molar-refractivity contribution in [2.24, 2.45) is 4.99 Å². The van der Waals surface area contributed by atoms with Crippen molar-refractivity contribution < 1.29 is 0 Å². The van der Waals surface area contributed by atoms with Crippen LogP contribution in [0, 0.1) is 0 Å². The highest BCUT2D eigenvalue weighted by atomic mass is 35.5. The number of amidine groups is 1. The largest absolute Gasteiger partial charge is 0.320 e. The molecule has 2 aromatic rings. The van der Waals surface area contributed by atoms with Gasteiger partial charge in [-0.1, -0.05) is 29.3 Å². The zero-order valence-electron chi connectivity index (χ0n) is 10.7. The molecular weight excluding hydrogens is 313 g/mol. The zero-order valence-corrected chi connectivity index (χ0v) is 13.0. The third-order valence-electron chi connectivity index (χ3n) is 3.10. The van der Waals surface area contributed by atoms with Crippen molar-refractivity contribution in [3.8, 4) is 11.3 Å². The van der Waals surface area contributed by atoms with Gasteiger partial charge in [0, 0.05) is 23.9 Å². The standard InChI is InChI=1S/C14H13Cl2N3S/c15-9-4-3-5-10(16)13(9)11-8-20-14(18-11)19-12-6-1-2-7-17-12/h3-5,8H,1-2,6-7H2,(H,17,18,19). The molecule has 6 heteroatoms. The third-order valence-corrected chi connectivity index (χ3v) is 4.49. The normalized spacial score (nSPS) is 15.0. The van der Waals surface area contributed by atoms with Gasteiger partial charge in [0.15, 0.2) is 5.13 Å². The molecule has 1 aliphatic rings. The second-order valence-electron chi connectivity index (χ2n) is 4.55. The number of anilines is 1. The van der Waals surface area contributed by atoms with E-state index < -0.39 is 0 Å². The van der Waals surface area contributed by atoms with Crippen molar-refractivity contribution in [2.45, 2.75) is 19.3 Å². The van der Waals surface area contributed by atoms with Crippen LogP contribution in [-0.4, -0.2) is 17.4 Å². The molecule has 0 bridgehead atoms. The van der Waals surface area contributed by atoms with Crippen LogP contribution >= 0.6 is 34.5 Å². The lowest BCUT2D eigenvalue weighted by Gasteiger charge is -2.11. The summed E-state index contributed by atoms with van der Waals surface area (Å²) in [5.74, 6) is 1.02. The molecule has 0 saturated carbocycles. The third kappa shape index (κ3) is 2.97. The Balaban J connectivity index is 1.85. The first-order valence-corrected chi connectivity index (χ1v) is 8.08. The summed E-state index contributed by atoms with van der Waals surface area (Å²) in [6.45, 7) is 0.900. The Morgan fingerprint density at radius 1 is 1.15 bits per heavy atom. The van der Waals surface area contributed by atoms with Crippen LogP contribution in [0.1, 0.15) is 19.3 Å². The minimum Gasteiger partial charge on any atom is -0.320 e. The monoisotopic (exact) mass is 325 g/mol. The number of rotatable bonds is 2. The topological polar surface area (TPSA) is 37.3 Å². The number of hydrogen-bond donors (Lipinski definition) is 1. The predicted molar refractivity (Wildman–Crippen MR) is 87.3 cm³/mol. The van der Waals surface area contributed by atoms with Gasteiger partial charge in [0.1, 0.15) is 5.84 Å². The first-order valence-electron chi connectivity index (χ1n) is 6.44. The predicted octanol–water partition coefficient (Wildman–Crippen LogP) is 5.11. The van der Waals surface area contributed by atoms with Gasteiger partial charge < -0.3 is 5.32 Å². The summed E-state index contributed by atoms with van der Waals surface area (Å²) in [4.78, 5) is 9.02. The zero-order chi connectivity index (χ0) is 13.9. The van der Waals surface area contributed by atoms with Crippen LogP contribution < -0.4 is 5.32 Å². The molecule has 0 amide bonds. The molecule has 2 heterocycles. The number of nitrogens with one attached hydrogen (secondary N) is 1. The van der Waals surface area contributed by atoms with Gasteiger partial charge in [-0.25, -0.2) is 4.98 Å². The molecule has 0 fully saturated rings. The van der Waals surface area contributed by atoms with Gasteiger partial charge in [-0.3, -0.25) is 4.99 Å². The van der Waals surface area contributed by atoms with Crippen LogP contribution in [0.3, 0.4) is 0 Å². The maximum absolute atomic E-state index is 6.20. The van der Waals surface area contributed by atoms with Crippen molar-refractivity contribution in [2.75, 3.05) is 11.9 Å². The molecule has 0 saturated heterocycles. The minimum absolute atomic E-state index is 0.615. The summed E-state index contributed by atoms with van der Waals surface area (Å²) < 4.78 is 0. The van der Waals surface area contributed by atoms with Crippen molar-refractivity contribution in [3.05, 3.63) is 33.6 Å². The Labute approximate surface area is 131 Å². The number of hydrogen-bond acceptors (Lipinski definition) is 4. The van der Waals surface area contributed by atoms with E-state index in [1.54, 1.807) is 0 Å². The van der Waals surface area contributed by atoms with Gasteiger partial charge in [-0.05, 0) is 25.0 Å². The molecule has 1 N–H and O–H groups in total. The van der Waals surface area contributed by atoms with Crippen molar-refractivity contribution >= 4 is 45.5 Å². The Morgan fingerprint density at radius 3 is 2.65 bits per heavy atom. The molecule has 104 valence electrons. The number of aromatic nitrogens is 1. The number of aliphatic imine (C=N–C) groups is 1. The Kier molecular flexibility index (Phi) is 4.24. The van der Waals surface area contributed by atoms with E-state index in [1.807, 2.05) is 23.6 Å². The van der Waals surface area contributed by atoms with Crippen LogP contribution in [0.25, 0.3) is 11.3 Å². The molecule has 1 aromatic carbocycles. The highest BCUT2D eigenvalue weighted by Crippen LogP contribution is 2.36. The van der Waals surface area contributed by atoms with Gasteiger partial charge in [0.05, 0.1) is 15.7 Å². The first-order chi connectivity index (χ1) is 9.74. The quantitative estimate of drug-likeness (QED) is 0.832. The van der Waals surface area contributed by atoms with Gasteiger partial charge in [-0.2, -0.15) is 0 Å². The van der Waals surface area contributed by atoms with Crippen LogP contribution in [-0.2, 0) is 0 Å². The van der Waals surface area contributed by atoms with Crippen LogP contribution in [0.2, 0.25) is 10.0 Å². The fourth-order valence-corrected chi connectivity index (χ4v) is 3.42. The smallest absolute Gasteiger partial charge is 0.188 e. The van der Waals surface area contributed by atoms with Gasteiger partial charge >= 0.3 is 0 Å². The second kappa shape index (κ2) is 6.12. The number of benzene rings is 1. The summed E-state index contributed by atoms with van der Waals surface area (Å²) in [7, 11) is 0. The summed E-state index contributed by atoms with van der Waals surface area (Å²) >= 11 is 13.9. The molecule has 20 heavy (non-hydrogen) atoms. The lowest BCUT2D eigenvalue weighted by molar-refractivity contribution is 0.737. The molecule has 0 atom stereocenters. The molecule has 0 aliphatic carbocycles. The fraction of sp³-hybridized carbons (Fsp3) is 0.286. The highest BCUT2D eigenvalue weighted by Gasteiger charge is 2.13. The lowest BCUT2D eigenvalue weighted by Crippen LogP contribution is -2.15. The van der Waals surface area contributed by atoms with E-state index in [4.69, 9.17) is 23.2 Å². The fourth-order valence-electron chi connectivity index (χ4n) is 2.11. The van der Waals surface area contributed by atoms with Gasteiger partial charge in [0.25, 0.3) is 0 Å². The Hall–Kier alpha value is -1.10. The second-order valence-corrected chi connectivity index (χ2v) is 6.22. The lowest BCUT2D eigenvalue weighted by atomic mass is 10.2. The van der Waals surface area contributed by atoms with Crippen molar-refractivity contribution in [3.63, 3.8) is 0 Å². The molecular formula is C14H13Cl2N3S. The van der Waals surface area contributed by atoms with Crippen molar-refractivity contribution in [1.29, 1.82) is 0 Å². The van der Waals surface area contributed by atoms with Gasteiger partial charge in [0.2, 0.25) is 0 Å². The first kappa shape index (κ1) is 13.9. The summed E-state index contributed by atoms with van der Waals surface area (Å²) in [5, 5.41) is 7.30. The van der Waals surface area contributed by atoms with Crippen LogP contribution in [0.4, 0.5) is 5.13 Å². The molecule has 3 rings (SSSR count). The average Bonchev–Trinajstić information content (AvgIpc) is 2.88. The van der Waals surface area contributed by atoms with E-state index in [0.29, 0.717) is 10.0 Å². The molecule has 0 radical (unpaired) electrons. The van der Waals surface area contributed by atoms with Gasteiger partial charge in [-0.15, -0.1) is 11.3 Å². The van der Waals surface area contributed by atoms with E-state index in [1.165, 1.54) is 24.2 Å². The minimum atomic E-state index is 0.615. The van der Waals surface area contributed by atoms with E-state index in [0.717, 1.165) is 35.2 Å². The van der Waals surface area contributed by atoms with E-state index in [9.17, 15) is 0 Å². The number of thiazole rings is 1. The maximum atomic E-state index is 6.20. The van der Waals surface area contributed by atoms with Crippen LogP contribution in [0.5, 0.6) is 0 Å². The summed E-state index contributed by atoms with van der Waals surface area (Å²) in [6, 6.07) is 5.47. The Bertz CT molecular complexity index is 631. The Morgan fingerprint density at radius 2 is 1.95 bits per heavy atom. The van der Waals surface area contributed by atoms with E-state index in [2.05, 4.69) is 15.3 Å². The SMILES string of the molecule is Clc1cccc(Cl)c1-c1csc(NC2=NCCCC2)n1. The van der Waals surface area contributed by atoms with E-state index in [-0.39, 0.29) is 0 Å². The molecule has 1 aliphatic heterocycles. The van der Waals surface area contributed by atoms with Crippen LogP contribution in [0.15, 0.2) is 28.6 Å². The van der Waals surface area contributed by atoms with E-state index >= 15 is 0 Å². The molecule has 0 unspecified atom stereocenters. The molecule has 1 aromatic heterocycles. The molecule has 3 nitrogen and oxygen atoms in total. The molecule has 0 spiro atoms. The summed E-state index contributed by atoms with van der Waals surface area (Å²) in [6.07, 6.45) is 3.34. The summed E-state index contributed by atoms with van der Waals surface area (Å²) in [5.41, 5.74) is 1.58. The number of nitrogens with zero attached hydrogens (tertiary/aromatic N) is 2. The average molecular weight is 326 g/mol. The number of halogens is 2.